The topological polar surface area (TPSA) is 107 Å². The normalized spacial score (nSPS) is 21.4. The van der Waals surface area contributed by atoms with Crippen LogP contribution in [0.5, 0.6) is 0 Å². The van der Waals surface area contributed by atoms with Gasteiger partial charge in [-0.2, -0.15) is 0 Å². The number of carbonyl (C=O) groups is 2. The molecule has 1 fully saturated rings. The van der Waals surface area contributed by atoms with Gasteiger partial charge in [-0.25, -0.2) is 0 Å². The second-order valence-electron chi connectivity index (χ2n) is 8.51. The molecule has 0 radical (unpaired) electrons. The van der Waals surface area contributed by atoms with Crippen molar-refractivity contribution in [2.45, 2.75) is 63.5 Å². The zero-order valence-corrected chi connectivity index (χ0v) is 16.5. The Balaban J connectivity index is 2.25. The molecule has 150 valence electrons. The van der Waals surface area contributed by atoms with Crippen molar-refractivity contribution in [3.8, 4) is 0 Å². The molecule has 0 aromatic heterocycles. The van der Waals surface area contributed by atoms with Gasteiger partial charge < -0.3 is 20.1 Å². The summed E-state index contributed by atoms with van der Waals surface area (Å²) in [4.78, 5) is 26.5. The van der Waals surface area contributed by atoms with E-state index in [1.165, 1.54) is 24.3 Å². The first-order valence-corrected chi connectivity index (χ1v) is 8.96. The van der Waals surface area contributed by atoms with Crippen molar-refractivity contribution < 1.29 is 29.6 Å². The van der Waals surface area contributed by atoms with Gasteiger partial charge in [-0.3, -0.25) is 14.5 Å². The number of rotatable bonds is 5. The lowest BCUT2D eigenvalue weighted by Gasteiger charge is -2.53. The fourth-order valence-electron chi connectivity index (χ4n) is 3.88. The standard InChI is InChI=1S/C20H29NO6/c1-18(2)11-14(12-19(3,4)21(18)5)27-17(24)15(16(22)23)20(25,26)13-9-7-6-8-10-13/h6-10,14-15,25-26H,11-12H2,1-5H3,(H,22,23). The third-order valence-corrected chi connectivity index (χ3v) is 5.64. The lowest BCUT2D eigenvalue weighted by Crippen LogP contribution is -2.60. The maximum Gasteiger partial charge on any atom is 0.326 e. The van der Waals surface area contributed by atoms with Gasteiger partial charge in [0.1, 0.15) is 6.10 Å². The van der Waals surface area contributed by atoms with E-state index in [2.05, 4.69) is 4.90 Å². The van der Waals surface area contributed by atoms with Crippen LogP contribution in [0.3, 0.4) is 0 Å². The van der Waals surface area contributed by atoms with Crippen LogP contribution in [0.2, 0.25) is 0 Å². The smallest absolute Gasteiger partial charge is 0.326 e. The zero-order chi connectivity index (χ0) is 20.6. The largest absolute Gasteiger partial charge is 0.480 e. The van der Waals surface area contributed by atoms with Gasteiger partial charge in [-0.15, -0.1) is 0 Å². The average Bonchev–Trinajstić information content (AvgIpc) is 2.52. The number of benzene rings is 1. The van der Waals surface area contributed by atoms with Crippen molar-refractivity contribution in [2.24, 2.45) is 5.92 Å². The second-order valence-corrected chi connectivity index (χ2v) is 8.51. The van der Waals surface area contributed by atoms with Gasteiger partial charge >= 0.3 is 11.9 Å². The van der Waals surface area contributed by atoms with Gasteiger partial charge in [-0.05, 0) is 34.7 Å². The highest BCUT2D eigenvalue weighted by Crippen LogP contribution is 2.39. The summed E-state index contributed by atoms with van der Waals surface area (Å²) in [6.07, 6.45) is 0.507. The molecule has 1 atom stereocenters. The van der Waals surface area contributed by atoms with Crippen LogP contribution in [-0.2, 0) is 20.1 Å². The highest BCUT2D eigenvalue weighted by molar-refractivity contribution is 5.95. The van der Waals surface area contributed by atoms with Crippen molar-refractivity contribution in [2.75, 3.05) is 7.05 Å². The monoisotopic (exact) mass is 379 g/mol. The molecular formula is C20H29NO6. The summed E-state index contributed by atoms with van der Waals surface area (Å²) in [7, 11) is 2.00. The Morgan fingerprint density at radius 1 is 1.11 bits per heavy atom. The Hall–Kier alpha value is -1.96. The van der Waals surface area contributed by atoms with Crippen molar-refractivity contribution >= 4 is 11.9 Å². The van der Waals surface area contributed by atoms with Gasteiger partial charge in [0.2, 0.25) is 11.7 Å². The first-order chi connectivity index (χ1) is 12.3. The van der Waals surface area contributed by atoms with E-state index in [0.717, 1.165) is 0 Å². The molecule has 0 amide bonds. The maximum absolute atomic E-state index is 12.6. The number of hydrogen-bond donors (Lipinski definition) is 3. The number of aliphatic carboxylic acids is 1. The SMILES string of the molecule is CN1C(C)(C)CC(OC(=O)C(C(=O)O)C(O)(O)c2ccccc2)CC1(C)C. The van der Waals surface area contributed by atoms with E-state index >= 15 is 0 Å². The van der Waals surface area contributed by atoms with Crippen LogP contribution < -0.4 is 0 Å². The average molecular weight is 379 g/mol. The van der Waals surface area contributed by atoms with Gasteiger partial charge in [0.05, 0.1) is 0 Å². The third kappa shape index (κ3) is 4.31. The summed E-state index contributed by atoms with van der Waals surface area (Å²) < 4.78 is 5.48. The van der Waals surface area contributed by atoms with Crippen molar-refractivity contribution in [3.05, 3.63) is 35.9 Å². The molecule has 7 nitrogen and oxygen atoms in total. The first-order valence-electron chi connectivity index (χ1n) is 8.96. The first kappa shape index (κ1) is 21.3. The molecule has 1 saturated heterocycles. The summed E-state index contributed by atoms with van der Waals surface area (Å²) >= 11 is 0. The van der Waals surface area contributed by atoms with Gasteiger partial charge in [-0.1, -0.05) is 30.3 Å². The molecule has 3 N–H and O–H groups in total. The number of likely N-dealkylation sites (tertiary alicyclic amines) is 1. The summed E-state index contributed by atoms with van der Waals surface area (Å²) in [5, 5.41) is 30.3. The molecule has 1 unspecified atom stereocenters. The molecule has 1 heterocycles. The van der Waals surface area contributed by atoms with Crippen LogP contribution in [0.4, 0.5) is 0 Å². The highest BCUT2D eigenvalue weighted by atomic mass is 16.6. The number of ether oxygens (including phenoxy) is 1. The molecule has 0 bridgehead atoms. The van der Waals surface area contributed by atoms with E-state index in [1.54, 1.807) is 6.07 Å². The molecule has 7 heteroatoms. The summed E-state index contributed by atoms with van der Waals surface area (Å²) in [5.74, 6) is -7.83. The number of carbonyl (C=O) groups excluding carboxylic acids is 1. The van der Waals surface area contributed by atoms with Gasteiger partial charge in [0.15, 0.2) is 0 Å². The predicted molar refractivity (Wildman–Crippen MR) is 98.7 cm³/mol. The molecule has 0 aliphatic carbocycles. The van der Waals surface area contributed by atoms with E-state index in [9.17, 15) is 24.9 Å². The number of piperidine rings is 1. The Kier molecular flexibility index (Phi) is 5.71. The number of carboxylic acid groups (broad SMARTS) is 1. The maximum atomic E-state index is 12.6. The fourth-order valence-corrected chi connectivity index (χ4v) is 3.88. The molecule has 27 heavy (non-hydrogen) atoms. The lowest BCUT2D eigenvalue weighted by molar-refractivity contribution is -0.228. The minimum Gasteiger partial charge on any atom is -0.480 e. The van der Waals surface area contributed by atoms with E-state index in [-0.39, 0.29) is 16.6 Å². The zero-order valence-electron chi connectivity index (χ0n) is 16.5. The van der Waals surface area contributed by atoms with Crippen molar-refractivity contribution in [1.29, 1.82) is 0 Å². The Morgan fingerprint density at radius 3 is 2.04 bits per heavy atom. The molecule has 1 aromatic rings. The molecule has 1 aliphatic rings. The van der Waals surface area contributed by atoms with Crippen LogP contribution in [0.15, 0.2) is 30.3 Å². The summed E-state index contributed by atoms with van der Waals surface area (Å²) in [5.41, 5.74) is -0.612. The van der Waals surface area contributed by atoms with Crippen LogP contribution in [-0.4, -0.2) is 56.4 Å². The van der Waals surface area contributed by atoms with Crippen LogP contribution in [0, 0.1) is 5.92 Å². The van der Waals surface area contributed by atoms with Crippen molar-refractivity contribution in [1.82, 2.24) is 4.90 Å². The predicted octanol–water partition coefficient (Wildman–Crippen LogP) is 1.72. The number of esters is 1. The molecule has 2 rings (SSSR count). The fraction of sp³-hybridized carbons (Fsp3) is 0.600. The quantitative estimate of drug-likeness (QED) is 0.406. The highest BCUT2D eigenvalue weighted by Gasteiger charge is 2.50. The van der Waals surface area contributed by atoms with E-state index in [1.807, 2.05) is 34.7 Å². The van der Waals surface area contributed by atoms with E-state index < -0.39 is 29.7 Å². The van der Waals surface area contributed by atoms with E-state index in [4.69, 9.17) is 4.74 Å². The van der Waals surface area contributed by atoms with Crippen LogP contribution in [0.1, 0.15) is 46.1 Å². The molecule has 0 saturated carbocycles. The third-order valence-electron chi connectivity index (χ3n) is 5.64. The minimum absolute atomic E-state index is 0.0848. The lowest BCUT2D eigenvalue weighted by atomic mass is 9.78. The summed E-state index contributed by atoms with van der Waals surface area (Å²) in [6, 6.07) is 7.41. The number of aliphatic hydroxyl groups is 2. The second kappa shape index (κ2) is 7.22. The van der Waals surface area contributed by atoms with Gasteiger partial charge in [0.25, 0.3) is 0 Å². The number of hydrogen-bond acceptors (Lipinski definition) is 6. The number of nitrogens with zero attached hydrogens (tertiary/aromatic N) is 1. The van der Waals surface area contributed by atoms with Crippen LogP contribution in [0.25, 0.3) is 0 Å². The molecule has 1 aliphatic heterocycles. The Bertz CT molecular complexity index is 680. The van der Waals surface area contributed by atoms with Gasteiger partial charge in [0, 0.05) is 29.5 Å². The molecule has 1 aromatic carbocycles. The Morgan fingerprint density at radius 2 is 1.59 bits per heavy atom. The minimum atomic E-state index is -2.87. The number of carboxylic acids is 1. The van der Waals surface area contributed by atoms with Crippen molar-refractivity contribution in [3.63, 3.8) is 0 Å². The van der Waals surface area contributed by atoms with Crippen LogP contribution >= 0.6 is 0 Å². The molecular weight excluding hydrogens is 350 g/mol. The Labute approximate surface area is 159 Å². The molecule has 0 spiro atoms. The van der Waals surface area contributed by atoms with E-state index in [0.29, 0.717) is 12.8 Å². The summed E-state index contributed by atoms with van der Waals surface area (Å²) in [6.45, 7) is 8.09.